The molecule has 3 heterocycles. The zero-order valence-corrected chi connectivity index (χ0v) is 13.0. The van der Waals surface area contributed by atoms with Gasteiger partial charge in [0.1, 0.15) is 23.2 Å². The van der Waals surface area contributed by atoms with Crippen molar-refractivity contribution in [3.63, 3.8) is 0 Å². The van der Waals surface area contributed by atoms with E-state index in [2.05, 4.69) is 20.2 Å². The zero-order chi connectivity index (χ0) is 16.2. The van der Waals surface area contributed by atoms with Crippen molar-refractivity contribution in [2.45, 2.75) is 26.3 Å². The molecule has 0 spiro atoms. The summed E-state index contributed by atoms with van der Waals surface area (Å²) in [5, 5.41) is 12.3. The van der Waals surface area contributed by atoms with E-state index in [1.54, 1.807) is 6.26 Å². The Kier molecular flexibility index (Phi) is 4.45. The van der Waals surface area contributed by atoms with E-state index in [0.717, 1.165) is 17.4 Å². The van der Waals surface area contributed by atoms with E-state index < -0.39 is 5.97 Å². The van der Waals surface area contributed by atoms with Gasteiger partial charge >= 0.3 is 5.97 Å². The molecule has 7 nitrogen and oxygen atoms in total. The molecule has 0 aliphatic carbocycles. The smallest absolute Gasteiger partial charge is 0.306 e. The number of aliphatic carboxylic acids is 1. The molecule has 2 N–H and O–H groups in total. The quantitative estimate of drug-likeness (QED) is 0.874. The summed E-state index contributed by atoms with van der Waals surface area (Å²) >= 11 is 0. The van der Waals surface area contributed by atoms with E-state index in [1.807, 2.05) is 25.1 Å². The summed E-state index contributed by atoms with van der Waals surface area (Å²) in [7, 11) is 0. The molecular formula is C16H20N4O3. The van der Waals surface area contributed by atoms with E-state index >= 15 is 0 Å². The summed E-state index contributed by atoms with van der Waals surface area (Å²) in [6.45, 7) is 3.81. The summed E-state index contributed by atoms with van der Waals surface area (Å²) in [5.74, 6) is 2.15. The number of nitrogens with zero attached hydrogens (tertiary/aromatic N) is 3. The van der Waals surface area contributed by atoms with Gasteiger partial charge in [0.15, 0.2) is 0 Å². The second kappa shape index (κ2) is 6.68. The number of aryl methyl sites for hydroxylation is 1. The van der Waals surface area contributed by atoms with Gasteiger partial charge < -0.3 is 19.7 Å². The number of furan rings is 1. The first kappa shape index (κ1) is 15.3. The van der Waals surface area contributed by atoms with Crippen LogP contribution in [0.15, 0.2) is 28.9 Å². The topological polar surface area (TPSA) is 91.5 Å². The minimum absolute atomic E-state index is 0.245. The lowest BCUT2D eigenvalue weighted by Crippen LogP contribution is -2.36. The molecule has 0 saturated carbocycles. The zero-order valence-electron chi connectivity index (χ0n) is 13.0. The number of anilines is 2. The molecule has 0 bridgehead atoms. The fraction of sp³-hybridized carbons (Fsp3) is 0.438. The first-order valence-electron chi connectivity index (χ1n) is 7.71. The molecule has 1 saturated heterocycles. The summed E-state index contributed by atoms with van der Waals surface area (Å²) in [5.41, 5.74) is 0. The number of piperidine rings is 1. The van der Waals surface area contributed by atoms with Crippen molar-refractivity contribution >= 4 is 17.6 Å². The van der Waals surface area contributed by atoms with Crippen LogP contribution in [0.1, 0.15) is 24.4 Å². The molecule has 0 unspecified atom stereocenters. The van der Waals surface area contributed by atoms with Gasteiger partial charge in [-0.15, -0.1) is 0 Å². The maximum absolute atomic E-state index is 11.0. The molecule has 1 fully saturated rings. The van der Waals surface area contributed by atoms with Gasteiger partial charge in [-0.3, -0.25) is 4.79 Å². The van der Waals surface area contributed by atoms with Crippen molar-refractivity contribution in [2.24, 2.45) is 5.92 Å². The van der Waals surface area contributed by atoms with Crippen molar-refractivity contribution in [1.82, 2.24) is 9.97 Å². The molecule has 0 amide bonds. The SMILES string of the molecule is Cc1nc(NCc2ccco2)cc(N2CCC(C(=O)O)CC2)n1. The molecule has 0 atom stereocenters. The highest BCUT2D eigenvalue weighted by molar-refractivity contribution is 5.70. The fourth-order valence-corrected chi connectivity index (χ4v) is 2.75. The van der Waals surface area contributed by atoms with Crippen LogP contribution in [0.3, 0.4) is 0 Å². The molecule has 1 aliphatic heterocycles. The van der Waals surface area contributed by atoms with Crippen molar-refractivity contribution < 1.29 is 14.3 Å². The summed E-state index contributed by atoms with van der Waals surface area (Å²) in [6.07, 6.45) is 2.93. The van der Waals surface area contributed by atoms with Gasteiger partial charge in [-0.05, 0) is 31.9 Å². The lowest BCUT2D eigenvalue weighted by molar-refractivity contribution is -0.142. The van der Waals surface area contributed by atoms with Crippen molar-refractivity contribution in [3.8, 4) is 0 Å². The first-order chi connectivity index (χ1) is 11.1. The molecule has 122 valence electrons. The number of rotatable bonds is 5. The van der Waals surface area contributed by atoms with Crippen LogP contribution < -0.4 is 10.2 Å². The second-order valence-corrected chi connectivity index (χ2v) is 5.69. The van der Waals surface area contributed by atoms with Crippen LogP contribution in [0.2, 0.25) is 0 Å². The number of carbonyl (C=O) groups is 1. The average Bonchev–Trinajstić information content (AvgIpc) is 3.06. The number of carboxylic acid groups (broad SMARTS) is 1. The second-order valence-electron chi connectivity index (χ2n) is 5.69. The Labute approximate surface area is 134 Å². The molecule has 2 aromatic rings. The Bertz CT molecular complexity index is 664. The van der Waals surface area contributed by atoms with Crippen LogP contribution in [-0.2, 0) is 11.3 Å². The van der Waals surface area contributed by atoms with E-state index in [9.17, 15) is 4.79 Å². The third kappa shape index (κ3) is 3.80. The molecule has 3 rings (SSSR count). The highest BCUT2D eigenvalue weighted by atomic mass is 16.4. The van der Waals surface area contributed by atoms with Gasteiger partial charge in [0.05, 0.1) is 18.7 Å². The minimum Gasteiger partial charge on any atom is -0.481 e. The molecular weight excluding hydrogens is 296 g/mol. The highest BCUT2D eigenvalue weighted by Crippen LogP contribution is 2.23. The number of hydrogen-bond acceptors (Lipinski definition) is 6. The Balaban J connectivity index is 1.67. The van der Waals surface area contributed by atoms with Crippen molar-refractivity contribution in [1.29, 1.82) is 0 Å². The normalized spacial score (nSPS) is 15.6. The summed E-state index contributed by atoms with van der Waals surface area (Å²) < 4.78 is 5.29. The van der Waals surface area contributed by atoms with Gasteiger partial charge in [-0.25, -0.2) is 9.97 Å². The van der Waals surface area contributed by atoms with Crippen LogP contribution in [0.5, 0.6) is 0 Å². The Morgan fingerprint density at radius 2 is 2.22 bits per heavy atom. The molecule has 7 heteroatoms. The lowest BCUT2D eigenvalue weighted by atomic mass is 9.97. The van der Waals surface area contributed by atoms with Gasteiger partial charge in [0, 0.05) is 19.2 Å². The van der Waals surface area contributed by atoms with Crippen LogP contribution in [0.25, 0.3) is 0 Å². The third-order valence-corrected chi connectivity index (χ3v) is 4.02. The third-order valence-electron chi connectivity index (χ3n) is 4.02. The first-order valence-corrected chi connectivity index (χ1v) is 7.71. The van der Waals surface area contributed by atoms with Crippen molar-refractivity contribution in [2.75, 3.05) is 23.3 Å². The Morgan fingerprint density at radius 1 is 1.43 bits per heavy atom. The largest absolute Gasteiger partial charge is 0.481 e. The predicted molar refractivity (Wildman–Crippen MR) is 85.4 cm³/mol. The molecule has 0 radical (unpaired) electrons. The van der Waals surface area contributed by atoms with Gasteiger partial charge in [-0.1, -0.05) is 0 Å². The van der Waals surface area contributed by atoms with Gasteiger partial charge in [0.2, 0.25) is 0 Å². The van der Waals surface area contributed by atoms with Crippen LogP contribution in [-0.4, -0.2) is 34.1 Å². The summed E-state index contributed by atoms with van der Waals surface area (Å²) in [6, 6.07) is 5.65. The van der Waals surface area contributed by atoms with Crippen LogP contribution in [0, 0.1) is 12.8 Å². The minimum atomic E-state index is -0.704. The number of nitrogens with one attached hydrogen (secondary N) is 1. The van der Waals surface area contributed by atoms with E-state index in [-0.39, 0.29) is 5.92 Å². The fourth-order valence-electron chi connectivity index (χ4n) is 2.75. The number of hydrogen-bond donors (Lipinski definition) is 2. The monoisotopic (exact) mass is 316 g/mol. The van der Waals surface area contributed by atoms with E-state index in [0.29, 0.717) is 38.3 Å². The maximum Gasteiger partial charge on any atom is 0.306 e. The number of carboxylic acids is 1. The standard InChI is InChI=1S/C16H20N4O3/c1-11-18-14(17-10-13-3-2-8-23-13)9-15(19-11)20-6-4-12(5-7-20)16(21)22/h2-3,8-9,12H,4-7,10H2,1H3,(H,21,22)(H,17,18,19). The van der Waals surface area contributed by atoms with E-state index in [1.165, 1.54) is 0 Å². The van der Waals surface area contributed by atoms with Crippen LogP contribution >= 0.6 is 0 Å². The molecule has 1 aliphatic rings. The maximum atomic E-state index is 11.0. The van der Waals surface area contributed by atoms with Crippen LogP contribution in [0.4, 0.5) is 11.6 Å². The molecule has 2 aromatic heterocycles. The van der Waals surface area contributed by atoms with Crippen molar-refractivity contribution in [3.05, 3.63) is 36.0 Å². The Morgan fingerprint density at radius 3 is 2.87 bits per heavy atom. The predicted octanol–water partition coefficient (Wildman–Crippen LogP) is 2.29. The molecule has 23 heavy (non-hydrogen) atoms. The lowest BCUT2D eigenvalue weighted by Gasteiger charge is -2.31. The van der Waals surface area contributed by atoms with E-state index in [4.69, 9.17) is 9.52 Å². The number of aromatic nitrogens is 2. The Hall–Kier alpha value is -2.57. The highest BCUT2D eigenvalue weighted by Gasteiger charge is 2.25. The van der Waals surface area contributed by atoms with Gasteiger partial charge in [-0.2, -0.15) is 0 Å². The average molecular weight is 316 g/mol. The molecule has 0 aromatic carbocycles. The summed E-state index contributed by atoms with van der Waals surface area (Å²) in [4.78, 5) is 22.0. The van der Waals surface area contributed by atoms with Gasteiger partial charge in [0.25, 0.3) is 0 Å².